The molecule has 0 amide bonds. The van der Waals surface area contributed by atoms with Gasteiger partial charge < -0.3 is 0 Å². The van der Waals surface area contributed by atoms with Crippen molar-refractivity contribution in [1.82, 2.24) is 0 Å². The summed E-state index contributed by atoms with van der Waals surface area (Å²) >= 11 is 0. The van der Waals surface area contributed by atoms with Gasteiger partial charge in [0.25, 0.3) is 0 Å². The number of benzene rings is 4. The van der Waals surface area contributed by atoms with Crippen molar-refractivity contribution in [3.63, 3.8) is 0 Å². The van der Waals surface area contributed by atoms with Crippen LogP contribution in [-0.4, -0.2) is 6.29 Å². The second kappa shape index (κ2) is 6.07. The maximum absolute atomic E-state index is 11.2. The van der Waals surface area contributed by atoms with Crippen molar-refractivity contribution >= 4 is 6.29 Å². The van der Waals surface area contributed by atoms with Crippen LogP contribution in [0.2, 0.25) is 0 Å². The molecule has 0 aliphatic heterocycles. The minimum absolute atomic E-state index is 0.379. The lowest BCUT2D eigenvalue weighted by Gasteiger charge is -2.33. The smallest absolute Gasteiger partial charge is 0.150 e. The lowest BCUT2D eigenvalue weighted by atomic mass is 9.67. The molecule has 5 rings (SSSR count). The van der Waals surface area contributed by atoms with E-state index in [9.17, 15) is 4.79 Å². The molecule has 0 unspecified atom stereocenters. The highest BCUT2D eigenvalue weighted by molar-refractivity contribution is 5.86. The fourth-order valence-electron chi connectivity index (χ4n) is 4.52. The number of rotatable bonds is 3. The van der Waals surface area contributed by atoms with E-state index in [0.29, 0.717) is 5.56 Å². The highest BCUT2D eigenvalue weighted by Crippen LogP contribution is 2.55. The molecule has 0 spiro atoms. The molecule has 1 nitrogen and oxygen atoms in total. The van der Waals surface area contributed by atoms with E-state index in [1.54, 1.807) is 0 Å². The molecule has 0 heterocycles. The highest BCUT2D eigenvalue weighted by Gasteiger charge is 2.45. The Morgan fingerprint density at radius 2 is 1.00 bits per heavy atom. The van der Waals surface area contributed by atoms with E-state index in [2.05, 4.69) is 91.0 Å². The van der Waals surface area contributed by atoms with Crippen molar-refractivity contribution in [3.05, 3.63) is 131 Å². The fraction of sp³-hybridized carbons (Fsp3) is 0.0385. The molecule has 0 bridgehead atoms. The summed E-state index contributed by atoms with van der Waals surface area (Å²) in [6.45, 7) is 0. The van der Waals surface area contributed by atoms with Crippen LogP contribution in [-0.2, 0) is 5.41 Å². The molecule has 1 aliphatic rings. The molecule has 27 heavy (non-hydrogen) atoms. The van der Waals surface area contributed by atoms with Crippen LogP contribution in [0.15, 0.2) is 103 Å². The van der Waals surface area contributed by atoms with Crippen molar-refractivity contribution in [2.45, 2.75) is 5.41 Å². The van der Waals surface area contributed by atoms with Crippen LogP contribution in [0.3, 0.4) is 0 Å². The number of hydrogen-bond donors (Lipinski definition) is 0. The second-order valence-corrected chi connectivity index (χ2v) is 6.95. The summed E-state index contributed by atoms with van der Waals surface area (Å²) in [7, 11) is 0. The maximum atomic E-state index is 11.2. The average molecular weight is 346 g/mol. The standard InChI is InChI=1S/C26H18O/c27-18-19-14-16-21(17-15-19)26(20-8-2-1-3-9-20)24-12-6-4-10-22(24)23-11-5-7-13-25(23)26/h1-18H. The predicted molar refractivity (Wildman–Crippen MR) is 109 cm³/mol. The van der Waals surface area contributed by atoms with E-state index in [1.165, 1.54) is 33.4 Å². The topological polar surface area (TPSA) is 17.1 Å². The van der Waals surface area contributed by atoms with Crippen LogP contribution >= 0.6 is 0 Å². The van der Waals surface area contributed by atoms with Gasteiger partial charge in [-0.3, -0.25) is 4.79 Å². The Labute approximate surface area is 158 Å². The van der Waals surface area contributed by atoms with Gasteiger partial charge in [0.1, 0.15) is 6.29 Å². The normalized spacial score (nSPS) is 13.6. The van der Waals surface area contributed by atoms with Gasteiger partial charge in [-0.15, -0.1) is 0 Å². The Kier molecular flexibility index (Phi) is 3.54. The van der Waals surface area contributed by atoms with Crippen molar-refractivity contribution < 1.29 is 4.79 Å². The molecule has 0 radical (unpaired) electrons. The predicted octanol–water partition coefficient (Wildman–Crippen LogP) is 5.86. The largest absolute Gasteiger partial charge is 0.298 e. The summed E-state index contributed by atoms with van der Waals surface area (Å²) in [6, 6.07) is 36.0. The van der Waals surface area contributed by atoms with Gasteiger partial charge in [0.05, 0.1) is 5.41 Å². The van der Waals surface area contributed by atoms with E-state index in [0.717, 1.165) is 6.29 Å². The van der Waals surface area contributed by atoms with Crippen molar-refractivity contribution in [2.24, 2.45) is 0 Å². The monoisotopic (exact) mass is 346 g/mol. The molecule has 0 fully saturated rings. The molecule has 128 valence electrons. The van der Waals surface area contributed by atoms with Crippen LogP contribution in [0.5, 0.6) is 0 Å². The third-order valence-corrected chi connectivity index (χ3v) is 5.64. The van der Waals surface area contributed by atoms with Crippen LogP contribution in [0.4, 0.5) is 0 Å². The average Bonchev–Trinajstić information content (AvgIpc) is 3.06. The lowest BCUT2D eigenvalue weighted by Crippen LogP contribution is -2.28. The number of fused-ring (bicyclic) bond motifs is 3. The molecular weight excluding hydrogens is 328 g/mol. The molecule has 0 N–H and O–H groups in total. The minimum atomic E-state index is -0.379. The van der Waals surface area contributed by atoms with Gasteiger partial charge in [0, 0.05) is 5.56 Å². The summed E-state index contributed by atoms with van der Waals surface area (Å²) in [5.74, 6) is 0. The molecule has 0 aromatic heterocycles. The third-order valence-electron chi connectivity index (χ3n) is 5.64. The SMILES string of the molecule is O=Cc1ccc(C2(c3ccccc3)c3ccccc3-c3ccccc32)cc1. The maximum Gasteiger partial charge on any atom is 0.150 e. The van der Waals surface area contributed by atoms with Gasteiger partial charge in [-0.05, 0) is 33.4 Å². The zero-order valence-electron chi connectivity index (χ0n) is 14.8. The summed E-state index contributed by atoms with van der Waals surface area (Å²) < 4.78 is 0. The Balaban J connectivity index is 1.93. The number of carbonyl (C=O) groups is 1. The van der Waals surface area contributed by atoms with E-state index in [1.807, 2.05) is 12.1 Å². The van der Waals surface area contributed by atoms with Gasteiger partial charge in [0.2, 0.25) is 0 Å². The van der Waals surface area contributed by atoms with Gasteiger partial charge in [0.15, 0.2) is 0 Å². The van der Waals surface area contributed by atoms with Crippen LogP contribution in [0.25, 0.3) is 11.1 Å². The summed E-state index contributed by atoms with van der Waals surface area (Å²) in [4.78, 5) is 11.2. The first-order chi connectivity index (χ1) is 13.4. The Morgan fingerprint density at radius 1 is 0.519 bits per heavy atom. The Bertz CT molecular complexity index is 1080. The number of carbonyl (C=O) groups excluding carboxylic acids is 1. The molecule has 4 aromatic rings. The Hall–Kier alpha value is -3.45. The Morgan fingerprint density at radius 3 is 1.56 bits per heavy atom. The molecule has 1 aliphatic carbocycles. The molecule has 1 heteroatoms. The number of aldehydes is 1. The first-order valence-corrected chi connectivity index (χ1v) is 9.16. The first kappa shape index (κ1) is 15.8. The van der Waals surface area contributed by atoms with Crippen LogP contribution < -0.4 is 0 Å². The molecular formula is C26H18O. The summed E-state index contributed by atoms with van der Waals surface area (Å²) in [5, 5.41) is 0. The third kappa shape index (κ3) is 2.15. The quantitative estimate of drug-likeness (QED) is 0.374. The zero-order chi connectivity index (χ0) is 18.3. The second-order valence-electron chi connectivity index (χ2n) is 6.95. The molecule has 4 aromatic carbocycles. The van der Waals surface area contributed by atoms with Gasteiger partial charge in [-0.1, -0.05) is 103 Å². The lowest BCUT2D eigenvalue weighted by molar-refractivity contribution is 0.112. The van der Waals surface area contributed by atoms with Gasteiger partial charge in [-0.25, -0.2) is 0 Å². The summed E-state index contributed by atoms with van der Waals surface area (Å²) in [6.07, 6.45) is 0.898. The minimum Gasteiger partial charge on any atom is -0.298 e. The number of hydrogen-bond acceptors (Lipinski definition) is 1. The van der Waals surface area contributed by atoms with Crippen molar-refractivity contribution in [1.29, 1.82) is 0 Å². The van der Waals surface area contributed by atoms with Crippen LogP contribution in [0, 0.1) is 0 Å². The molecule has 0 atom stereocenters. The van der Waals surface area contributed by atoms with Gasteiger partial charge >= 0.3 is 0 Å². The summed E-state index contributed by atoms with van der Waals surface area (Å²) in [5.41, 5.74) is 7.86. The van der Waals surface area contributed by atoms with E-state index < -0.39 is 0 Å². The molecule has 0 saturated heterocycles. The fourth-order valence-corrected chi connectivity index (χ4v) is 4.52. The molecule has 0 saturated carbocycles. The van der Waals surface area contributed by atoms with Crippen LogP contribution in [0.1, 0.15) is 32.6 Å². The van der Waals surface area contributed by atoms with Crippen molar-refractivity contribution in [2.75, 3.05) is 0 Å². The first-order valence-electron chi connectivity index (χ1n) is 9.16. The highest BCUT2D eigenvalue weighted by atomic mass is 16.1. The van der Waals surface area contributed by atoms with Gasteiger partial charge in [-0.2, -0.15) is 0 Å². The van der Waals surface area contributed by atoms with E-state index in [-0.39, 0.29) is 5.41 Å². The van der Waals surface area contributed by atoms with Crippen molar-refractivity contribution in [3.8, 4) is 11.1 Å². The van der Waals surface area contributed by atoms with E-state index >= 15 is 0 Å². The van der Waals surface area contributed by atoms with E-state index in [4.69, 9.17) is 0 Å². The zero-order valence-corrected chi connectivity index (χ0v) is 14.8.